The predicted octanol–water partition coefficient (Wildman–Crippen LogP) is 3.79. The van der Waals surface area contributed by atoms with E-state index in [0.717, 1.165) is 11.3 Å². The van der Waals surface area contributed by atoms with Crippen LogP contribution in [0.4, 0.5) is 0 Å². The molecule has 140 valence electrons. The van der Waals surface area contributed by atoms with Crippen LogP contribution in [-0.4, -0.2) is 44.3 Å². The standard InChI is InChI=1S/C19H23ClN2O3S/c1-22(2)15(13-5-4-6-14(11-13)25-3)12-21-19(24)10-7-16(23)17-8-9-18(20)26-17/h4-6,8-9,11,15H,7,10,12H2,1-3H3,(H,21,24). The number of ether oxygens (including phenoxy) is 1. The van der Waals surface area contributed by atoms with Gasteiger partial charge in [-0.1, -0.05) is 23.7 Å². The lowest BCUT2D eigenvalue weighted by Gasteiger charge is -2.25. The van der Waals surface area contributed by atoms with E-state index in [1.54, 1.807) is 19.2 Å². The van der Waals surface area contributed by atoms with Crippen LogP contribution in [0.25, 0.3) is 0 Å². The third-order valence-corrected chi connectivity index (χ3v) is 5.29. The molecule has 0 saturated heterocycles. The van der Waals surface area contributed by atoms with Gasteiger partial charge in [-0.05, 0) is 43.9 Å². The molecule has 0 aliphatic carbocycles. The van der Waals surface area contributed by atoms with Gasteiger partial charge in [-0.25, -0.2) is 0 Å². The molecule has 1 aromatic carbocycles. The van der Waals surface area contributed by atoms with Gasteiger partial charge in [0.15, 0.2) is 5.78 Å². The number of Topliss-reactive ketones (excluding diaryl/α,β-unsaturated/α-hetero) is 1. The minimum atomic E-state index is -0.143. The molecule has 0 aliphatic heterocycles. The first-order valence-corrected chi connectivity index (χ1v) is 9.45. The molecule has 2 rings (SSSR count). The molecule has 0 fully saturated rings. The third kappa shape index (κ3) is 5.83. The van der Waals surface area contributed by atoms with Gasteiger partial charge >= 0.3 is 0 Å². The second kappa shape index (κ2) is 9.71. The van der Waals surface area contributed by atoms with E-state index >= 15 is 0 Å². The fraction of sp³-hybridized carbons (Fsp3) is 0.368. The number of halogens is 1. The van der Waals surface area contributed by atoms with Crippen molar-refractivity contribution in [2.45, 2.75) is 18.9 Å². The number of amides is 1. The average Bonchev–Trinajstić information content (AvgIpc) is 3.06. The zero-order chi connectivity index (χ0) is 19.1. The Kier molecular flexibility index (Phi) is 7.63. The Labute approximate surface area is 162 Å². The Morgan fingerprint density at radius 1 is 1.23 bits per heavy atom. The van der Waals surface area contributed by atoms with Crippen LogP contribution in [-0.2, 0) is 4.79 Å². The van der Waals surface area contributed by atoms with E-state index < -0.39 is 0 Å². The predicted molar refractivity (Wildman–Crippen MR) is 105 cm³/mol. The Bertz CT molecular complexity index is 761. The molecule has 1 unspecified atom stereocenters. The summed E-state index contributed by atoms with van der Waals surface area (Å²) < 4.78 is 5.84. The lowest BCUT2D eigenvalue weighted by molar-refractivity contribution is -0.121. The van der Waals surface area contributed by atoms with Crippen LogP contribution in [0, 0.1) is 0 Å². The van der Waals surface area contributed by atoms with Gasteiger partial charge in [0, 0.05) is 19.4 Å². The van der Waals surface area contributed by atoms with Crippen molar-refractivity contribution in [3.63, 3.8) is 0 Å². The number of nitrogens with one attached hydrogen (secondary N) is 1. The minimum Gasteiger partial charge on any atom is -0.497 e. The number of carbonyl (C=O) groups excluding carboxylic acids is 2. The number of methoxy groups -OCH3 is 1. The fourth-order valence-electron chi connectivity index (χ4n) is 2.56. The molecule has 0 aliphatic rings. The molecule has 0 bridgehead atoms. The minimum absolute atomic E-state index is 0.0147. The van der Waals surface area contributed by atoms with E-state index in [9.17, 15) is 9.59 Å². The van der Waals surface area contributed by atoms with Crippen LogP contribution in [0.1, 0.15) is 34.1 Å². The number of nitrogens with zero attached hydrogens (tertiary/aromatic N) is 1. The van der Waals surface area contributed by atoms with E-state index in [1.807, 2.05) is 43.3 Å². The average molecular weight is 395 g/mol. The normalized spacial score (nSPS) is 12.0. The summed E-state index contributed by atoms with van der Waals surface area (Å²) in [5.74, 6) is 0.575. The van der Waals surface area contributed by atoms with E-state index in [1.165, 1.54) is 11.3 Å². The van der Waals surface area contributed by atoms with Gasteiger partial charge in [0.1, 0.15) is 5.75 Å². The maximum absolute atomic E-state index is 12.1. The fourth-order valence-corrected chi connectivity index (χ4v) is 3.57. The number of carbonyl (C=O) groups is 2. The van der Waals surface area contributed by atoms with Gasteiger partial charge in [0.05, 0.1) is 22.4 Å². The number of likely N-dealkylation sites (N-methyl/N-ethyl adjacent to an activating group) is 1. The van der Waals surface area contributed by atoms with E-state index in [0.29, 0.717) is 15.8 Å². The number of thiophene rings is 1. The number of ketones is 1. The third-order valence-electron chi connectivity index (χ3n) is 4.02. The number of benzene rings is 1. The lowest BCUT2D eigenvalue weighted by atomic mass is 10.1. The molecule has 1 aromatic heterocycles. The highest BCUT2D eigenvalue weighted by Gasteiger charge is 2.17. The maximum atomic E-state index is 12.1. The molecular formula is C19H23ClN2O3S. The van der Waals surface area contributed by atoms with Gasteiger partial charge in [-0.2, -0.15) is 0 Å². The topological polar surface area (TPSA) is 58.6 Å². The van der Waals surface area contributed by atoms with Crippen molar-refractivity contribution in [1.29, 1.82) is 0 Å². The molecule has 1 amide bonds. The van der Waals surface area contributed by atoms with E-state index in [4.69, 9.17) is 16.3 Å². The SMILES string of the molecule is COc1cccc(C(CNC(=O)CCC(=O)c2ccc(Cl)s2)N(C)C)c1. The highest BCUT2D eigenvalue weighted by Crippen LogP contribution is 2.23. The summed E-state index contributed by atoms with van der Waals surface area (Å²) in [4.78, 5) is 26.8. The van der Waals surface area contributed by atoms with Crippen LogP contribution < -0.4 is 10.1 Å². The van der Waals surface area contributed by atoms with Crippen molar-refractivity contribution in [2.75, 3.05) is 27.7 Å². The second-order valence-corrected chi connectivity index (χ2v) is 7.80. The van der Waals surface area contributed by atoms with Gasteiger partial charge in [0.2, 0.25) is 5.91 Å². The molecular weight excluding hydrogens is 372 g/mol. The number of hydrogen-bond donors (Lipinski definition) is 1. The van der Waals surface area contributed by atoms with Crippen molar-refractivity contribution >= 4 is 34.6 Å². The lowest BCUT2D eigenvalue weighted by Crippen LogP contribution is -2.34. The summed E-state index contributed by atoms with van der Waals surface area (Å²) in [5.41, 5.74) is 1.05. The Balaban J connectivity index is 1.88. The highest BCUT2D eigenvalue weighted by atomic mass is 35.5. The zero-order valence-corrected chi connectivity index (χ0v) is 16.7. The van der Waals surface area contributed by atoms with Crippen LogP contribution in [0.15, 0.2) is 36.4 Å². The van der Waals surface area contributed by atoms with Crippen molar-refractivity contribution in [2.24, 2.45) is 0 Å². The molecule has 0 saturated carbocycles. The smallest absolute Gasteiger partial charge is 0.220 e. The largest absolute Gasteiger partial charge is 0.497 e. The first-order chi connectivity index (χ1) is 12.4. The van der Waals surface area contributed by atoms with Crippen molar-refractivity contribution in [1.82, 2.24) is 10.2 Å². The van der Waals surface area contributed by atoms with Gasteiger partial charge in [-0.3, -0.25) is 9.59 Å². The first kappa shape index (κ1) is 20.4. The van der Waals surface area contributed by atoms with Crippen LogP contribution >= 0.6 is 22.9 Å². The van der Waals surface area contributed by atoms with Crippen molar-refractivity contribution in [3.8, 4) is 5.75 Å². The van der Waals surface area contributed by atoms with E-state index in [2.05, 4.69) is 5.32 Å². The Hall–Kier alpha value is -1.89. The molecule has 26 heavy (non-hydrogen) atoms. The summed E-state index contributed by atoms with van der Waals surface area (Å²) in [7, 11) is 5.55. The molecule has 1 atom stereocenters. The zero-order valence-electron chi connectivity index (χ0n) is 15.1. The maximum Gasteiger partial charge on any atom is 0.220 e. The summed E-state index contributed by atoms with van der Waals surface area (Å²) in [6.45, 7) is 0.456. The number of rotatable bonds is 9. The van der Waals surface area contributed by atoms with Crippen LogP contribution in [0.5, 0.6) is 5.75 Å². The summed E-state index contributed by atoms with van der Waals surface area (Å²) in [6.07, 6.45) is 0.334. The number of hydrogen-bond acceptors (Lipinski definition) is 5. The van der Waals surface area contributed by atoms with Crippen molar-refractivity contribution in [3.05, 3.63) is 51.2 Å². The van der Waals surface area contributed by atoms with E-state index in [-0.39, 0.29) is 30.6 Å². The highest BCUT2D eigenvalue weighted by molar-refractivity contribution is 7.18. The first-order valence-electron chi connectivity index (χ1n) is 8.26. The van der Waals surface area contributed by atoms with Crippen LogP contribution in [0.3, 0.4) is 0 Å². The molecule has 0 radical (unpaired) electrons. The molecule has 1 heterocycles. The van der Waals surface area contributed by atoms with Gasteiger partial charge in [0.25, 0.3) is 0 Å². The summed E-state index contributed by atoms with van der Waals surface area (Å²) in [5, 5.41) is 2.92. The molecule has 2 aromatic rings. The van der Waals surface area contributed by atoms with Gasteiger partial charge in [-0.15, -0.1) is 11.3 Å². The second-order valence-electron chi connectivity index (χ2n) is 6.09. The van der Waals surface area contributed by atoms with Crippen LogP contribution in [0.2, 0.25) is 4.34 Å². The molecule has 0 spiro atoms. The van der Waals surface area contributed by atoms with Gasteiger partial charge < -0.3 is 15.0 Å². The molecule has 1 N–H and O–H groups in total. The molecule has 7 heteroatoms. The summed E-state index contributed by atoms with van der Waals surface area (Å²) in [6, 6.07) is 11.2. The summed E-state index contributed by atoms with van der Waals surface area (Å²) >= 11 is 7.07. The monoisotopic (exact) mass is 394 g/mol. The molecule has 5 nitrogen and oxygen atoms in total. The Morgan fingerprint density at radius 2 is 2.00 bits per heavy atom. The Morgan fingerprint density at radius 3 is 2.62 bits per heavy atom. The quantitative estimate of drug-likeness (QED) is 0.657. The van der Waals surface area contributed by atoms with Crippen molar-refractivity contribution < 1.29 is 14.3 Å².